The molecule has 0 spiro atoms. The molecule has 2 rings (SSSR count). The molecule has 0 aliphatic rings. The Morgan fingerprint density at radius 3 is 1.37 bits per heavy atom. The lowest BCUT2D eigenvalue weighted by molar-refractivity contribution is -0.122. The van der Waals surface area contributed by atoms with Crippen molar-refractivity contribution in [2.75, 3.05) is 13.3 Å². The van der Waals surface area contributed by atoms with E-state index in [1.54, 1.807) is 0 Å². The molecule has 7 nitrogen and oxygen atoms in total. The number of ketones is 1. The van der Waals surface area contributed by atoms with Crippen molar-refractivity contribution < 1.29 is 39.5 Å². The van der Waals surface area contributed by atoms with Crippen LogP contribution in [-0.2, 0) is 49.1 Å². The topological polar surface area (TPSA) is 116 Å². The molecule has 0 saturated carbocycles. The maximum absolute atomic E-state index is 13.7. The standard InChI is InChI=1S/C19H20F2O7S2/c20-9-17(15-5-1-13(2-6-15)11-27-29(23)24)19(22)18(10-21)16-7-3-14(4-8-16)12-28-30(25)26/h1-8,17-18H,9-12H2,(H,23,24)(H,25,26)/p-2. The van der Waals surface area contributed by atoms with Crippen molar-refractivity contribution in [1.82, 2.24) is 0 Å². The average molecular weight is 460 g/mol. The molecule has 0 aliphatic carbocycles. The van der Waals surface area contributed by atoms with Crippen LogP contribution in [0.5, 0.6) is 0 Å². The van der Waals surface area contributed by atoms with Gasteiger partial charge in [0.05, 0.1) is 47.8 Å². The minimum absolute atomic E-state index is 0.201. The van der Waals surface area contributed by atoms with Gasteiger partial charge in [0.25, 0.3) is 0 Å². The second kappa shape index (κ2) is 12.1. The molecule has 11 heteroatoms. The Balaban J connectivity index is 2.13. The predicted octanol–water partition coefficient (Wildman–Crippen LogP) is 2.68. The van der Waals surface area contributed by atoms with E-state index < -0.39 is 53.7 Å². The number of halogens is 2. The van der Waals surface area contributed by atoms with E-state index in [0.717, 1.165) is 0 Å². The van der Waals surface area contributed by atoms with Gasteiger partial charge in [-0.2, -0.15) is 0 Å². The van der Waals surface area contributed by atoms with Gasteiger partial charge in [-0.15, -0.1) is 0 Å². The quantitative estimate of drug-likeness (QED) is 0.447. The van der Waals surface area contributed by atoms with Crippen LogP contribution in [0.4, 0.5) is 8.78 Å². The molecular formula is C19H18F2O7S2-2. The molecule has 30 heavy (non-hydrogen) atoms. The lowest BCUT2D eigenvalue weighted by Crippen LogP contribution is -2.24. The summed E-state index contributed by atoms with van der Waals surface area (Å²) in [7, 11) is 0. The second-order valence-electron chi connectivity index (χ2n) is 6.23. The SMILES string of the molecule is O=C(C(CF)c1ccc(COS(=O)[O-])cc1)C(CF)c1ccc(COS(=O)[O-])cc1. The number of alkyl halides is 2. The molecule has 2 aromatic carbocycles. The van der Waals surface area contributed by atoms with Crippen LogP contribution in [0.15, 0.2) is 48.5 Å². The van der Waals surface area contributed by atoms with Crippen molar-refractivity contribution >= 4 is 28.5 Å². The van der Waals surface area contributed by atoms with Gasteiger partial charge < -0.3 is 9.11 Å². The molecule has 0 saturated heterocycles. The molecule has 0 aromatic heterocycles. The maximum Gasteiger partial charge on any atom is 0.153 e. The van der Waals surface area contributed by atoms with Gasteiger partial charge in [0, 0.05) is 0 Å². The highest BCUT2D eigenvalue weighted by Gasteiger charge is 2.29. The number of hydrogen-bond donors (Lipinski definition) is 0. The van der Waals surface area contributed by atoms with Crippen molar-refractivity contribution in [1.29, 1.82) is 0 Å². The van der Waals surface area contributed by atoms with E-state index in [1.807, 2.05) is 0 Å². The van der Waals surface area contributed by atoms with Crippen LogP contribution >= 0.6 is 0 Å². The number of hydrogen-bond acceptors (Lipinski definition) is 7. The van der Waals surface area contributed by atoms with Crippen LogP contribution in [-0.4, -0.2) is 36.7 Å². The van der Waals surface area contributed by atoms with Gasteiger partial charge >= 0.3 is 0 Å². The third kappa shape index (κ3) is 7.11. The summed E-state index contributed by atoms with van der Waals surface area (Å²) in [5, 5.41) is 0. The summed E-state index contributed by atoms with van der Waals surface area (Å²) in [6.45, 7) is -2.46. The van der Waals surface area contributed by atoms with Crippen LogP contribution in [0.25, 0.3) is 0 Å². The van der Waals surface area contributed by atoms with E-state index in [-0.39, 0.29) is 13.2 Å². The fourth-order valence-corrected chi connectivity index (χ4v) is 3.29. The Labute approximate surface area is 177 Å². The van der Waals surface area contributed by atoms with Crippen molar-refractivity contribution in [3.63, 3.8) is 0 Å². The average Bonchev–Trinajstić information content (AvgIpc) is 2.73. The molecular weight excluding hydrogens is 442 g/mol. The fourth-order valence-electron chi connectivity index (χ4n) is 2.83. The van der Waals surface area contributed by atoms with Crippen molar-refractivity contribution in [3.05, 3.63) is 70.8 Å². The van der Waals surface area contributed by atoms with Gasteiger partial charge in [0.15, 0.2) is 5.78 Å². The van der Waals surface area contributed by atoms with Crippen LogP contribution in [0.1, 0.15) is 34.1 Å². The minimum atomic E-state index is -2.67. The summed E-state index contributed by atoms with van der Waals surface area (Å²) in [5.41, 5.74) is 1.67. The highest BCUT2D eigenvalue weighted by atomic mass is 32.2. The van der Waals surface area contributed by atoms with Gasteiger partial charge in [-0.1, -0.05) is 48.5 Å². The summed E-state index contributed by atoms with van der Waals surface area (Å²) in [5.74, 6) is -3.03. The number of Topliss-reactive ketones (excluding diaryl/α,β-unsaturated/α-hetero) is 1. The van der Waals surface area contributed by atoms with Gasteiger partial charge in [0.1, 0.15) is 13.3 Å². The molecule has 0 bridgehead atoms. The molecule has 164 valence electrons. The highest BCUT2D eigenvalue weighted by Crippen LogP contribution is 2.28. The van der Waals surface area contributed by atoms with Gasteiger partial charge in [-0.05, 0) is 22.3 Å². The summed E-state index contributed by atoms with van der Waals surface area (Å²) < 4.78 is 77.9. The van der Waals surface area contributed by atoms with E-state index in [4.69, 9.17) is 0 Å². The van der Waals surface area contributed by atoms with E-state index in [2.05, 4.69) is 8.37 Å². The maximum atomic E-state index is 13.7. The molecule has 0 radical (unpaired) electrons. The fraction of sp³-hybridized carbons (Fsp3) is 0.316. The lowest BCUT2D eigenvalue weighted by atomic mass is 9.84. The van der Waals surface area contributed by atoms with Crippen LogP contribution in [0.3, 0.4) is 0 Å². The van der Waals surface area contributed by atoms with E-state index in [0.29, 0.717) is 22.3 Å². The molecule has 0 fully saturated rings. The Hall–Kier alpha value is -1.89. The molecule has 2 aromatic rings. The smallest absolute Gasteiger partial charge is 0.153 e. The van der Waals surface area contributed by atoms with Gasteiger partial charge in [-0.3, -0.25) is 13.2 Å². The normalized spacial score (nSPS) is 15.3. The Morgan fingerprint density at radius 1 is 0.767 bits per heavy atom. The monoisotopic (exact) mass is 460 g/mol. The Morgan fingerprint density at radius 2 is 1.10 bits per heavy atom. The van der Waals surface area contributed by atoms with Crippen molar-refractivity contribution in [2.45, 2.75) is 25.0 Å². The first-order chi connectivity index (χ1) is 14.3. The summed E-state index contributed by atoms with van der Waals surface area (Å²) in [6.07, 6.45) is 0. The molecule has 4 atom stereocenters. The second-order valence-corrected chi connectivity index (χ2v) is 7.52. The molecule has 4 unspecified atom stereocenters. The first-order valence-corrected chi connectivity index (χ1v) is 10.6. The summed E-state index contributed by atoms with van der Waals surface area (Å²) in [4.78, 5) is 12.8. The number of rotatable bonds is 12. The first kappa shape index (κ1) is 24.4. The molecule has 0 heterocycles. The Bertz CT molecular complexity index is 804. The van der Waals surface area contributed by atoms with E-state index >= 15 is 0 Å². The van der Waals surface area contributed by atoms with E-state index in [1.165, 1.54) is 48.5 Å². The first-order valence-electron chi connectivity index (χ1n) is 8.64. The summed E-state index contributed by atoms with van der Waals surface area (Å²) in [6, 6.07) is 11.9. The largest absolute Gasteiger partial charge is 0.750 e. The van der Waals surface area contributed by atoms with Crippen molar-refractivity contribution in [2.24, 2.45) is 0 Å². The van der Waals surface area contributed by atoms with Crippen LogP contribution < -0.4 is 0 Å². The predicted molar refractivity (Wildman–Crippen MR) is 103 cm³/mol. The third-order valence-electron chi connectivity index (χ3n) is 4.40. The van der Waals surface area contributed by atoms with E-state index in [9.17, 15) is 31.1 Å². The van der Waals surface area contributed by atoms with Crippen LogP contribution in [0.2, 0.25) is 0 Å². The zero-order valence-electron chi connectivity index (χ0n) is 15.5. The zero-order valence-corrected chi connectivity index (χ0v) is 17.2. The van der Waals surface area contributed by atoms with Gasteiger partial charge in [-0.25, -0.2) is 17.2 Å². The number of benzene rings is 2. The zero-order chi connectivity index (χ0) is 22.1. The number of carbonyl (C=O) groups excluding carboxylic acids is 1. The number of carbonyl (C=O) groups is 1. The molecule has 0 amide bonds. The third-order valence-corrected chi connectivity index (χ3v) is 5.02. The highest BCUT2D eigenvalue weighted by molar-refractivity contribution is 7.74. The summed E-state index contributed by atoms with van der Waals surface area (Å²) >= 11 is -5.34. The molecule has 0 aliphatic heterocycles. The lowest BCUT2D eigenvalue weighted by Gasteiger charge is -2.20. The van der Waals surface area contributed by atoms with Crippen LogP contribution in [0, 0.1) is 0 Å². The minimum Gasteiger partial charge on any atom is -0.750 e. The Kier molecular flexibility index (Phi) is 9.82. The molecule has 0 N–H and O–H groups in total. The van der Waals surface area contributed by atoms with Gasteiger partial charge in [0.2, 0.25) is 0 Å². The van der Waals surface area contributed by atoms with Crippen molar-refractivity contribution in [3.8, 4) is 0 Å².